The topological polar surface area (TPSA) is 12.0 Å². The summed E-state index contributed by atoms with van der Waals surface area (Å²) in [5, 5.41) is 3.64. The van der Waals surface area contributed by atoms with Gasteiger partial charge in [-0.25, -0.2) is 0 Å². The van der Waals surface area contributed by atoms with Gasteiger partial charge in [0, 0.05) is 16.5 Å². The van der Waals surface area contributed by atoms with Crippen LogP contribution in [0.15, 0.2) is 0 Å². The molecule has 1 fully saturated rings. The van der Waals surface area contributed by atoms with E-state index in [0.29, 0.717) is 10.8 Å². The normalized spacial score (nSPS) is 20.6. The minimum Gasteiger partial charge on any atom is -0.313 e. The average Bonchev–Trinajstić information content (AvgIpc) is 1.96. The van der Waals surface area contributed by atoms with Crippen LogP contribution in [-0.2, 0) is 0 Å². The van der Waals surface area contributed by atoms with Crippen LogP contribution >= 0.6 is 11.8 Å². The van der Waals surface area contributed by atoms with E-state index in [2.05, 4.69) is 44.8 Å². The maximum atomic E-state index is 3.64. The van der Waals surface area contributed by atoms with E-state index in [9.17, 15) is 0 Å². The molecular weight excluding hydrogens is 190 g/mol. The second-order valence-electron chi connectivity index (χ2n) is 5.53. The van der Waals surface area contributed by atoms with Crippen molar-refractivity contribution in [2.24, 2.45) is 5.92 Å². The van der Waals surface area contributed by atoms with Gasteiger partial charge in [0.1, 0.15) is 0 Å². The van der Waals surface area contributed by atoms with Gasteiger partial charge >= 0.3 is 0 Å². The number of nitrogens with one attached hydrogen (secondary N) is 1. The predicted molar refractivity (Wildman–Crippen MR) is 67.0 cm³/mol. The SMILES string of the molecule is CC(CSC(C)(C)C)NCC1CCC1. The van der Waals surface area contributed by atoms with Gasteiger partial charge in [-0.1, -0.05) is 27.2 Å². The Labute approximate surface area is 93.4 Å². The van der Waals surface area contributed by atoms with Crippen molar-refractivity contribution in [2.75, 3.05) is 12.3 Å². The Bertz CT molecular complexity index is 158. The van der Waals surface area contributed by atoms with Crippen molar-refractivity contribution in [1.29, 1.82) is 0 Å². The Morgan fingerprint density at radius 1 is 1.36 bits per heavy atom. The van der Waals surface area contributed by atoms with E-state index in [1.807, 2.05) is 0 Å². The average molecular weight is 215 g/mol. The molecule has 0 heterocycles. The summed E-state index contributed by atoms with van der Waals surface area (Å²) in [5.41, 5.74) is 0. The fourth-order valence-electron chi connectivity index (χ4n) is 1.50. The lowest BCUT2D eigenvalue weighted by Crippen LogP contribution is -2.35. The lowest BCUT2D eigenvalue weighted by Gasteiger charge is -2.28. The zero-order valence-electron chi connectivity index (χ0n) is 10.1. The van der Waals surface area contributed by atoms with Crippen LogP contribution in [0, 0.1) is 5.92 Å². The molecule has 1 nitrogen and oxygen atoms in total. The second-order valence-corrected chi connectivity index (χ2v) is 7.38. The molecule has 0 spiro atoms. The molecule has 2 heteroatoms. The molecule has 1 aliphatic carbocycles. The minimum atomic E-state index is 0.409. The largest absolute Gasteiger partial charge is 0.313 e. The summed E-state index contributed by atoms with van der Waals surface area (Å²) in [6, 6.07) is 0.667. The molecule has 0 aromatic rings. The first-order valence-corrected chi connectivity index (χ1v) is 6.83. The number of rotatable bonds is 5. The van der Waals surface area contributed by atoms with Gasteiger partial charge in [0.05, 0.1) is 0 Å². The van der Waals surface area contributed by atoms with Crippen molar-refractivity contribution < 1.29 is 0 Å². The summed E-state index contributed by atoms with van der Waals surface area (Å²) in [7, 11) is 0. The zero-order chi connectivity index (χ0) is 10.6. The van der Waals surface area contributed by atoms with E-state index in [-0.39, 0.29) is 0 Å². The van der Waals surface area contributed by atoms with E-state index in [4.69, 9.17) is 0 Å². The van der Waals surface area contributed by atoms with Crippen LogP contribution in [-0.4, -0.2) is 23.1 Å². The highest BCUT2D eigenvalue weighted by molar-refractivity contribution is 8.00. The van der Waals surface area contributed by atoms with E-state index in [0.717, 1.165) is 5.92 Å². The van der Waals surface area contributed by atoms with Crippen molar-refractivity contribution in [3.8, 4) is 0 Å². The van der Waals surface area contributed by atoms with E-state index >= 15 is 0 Å². The molecule has 1 atom stereocenters. The molecule has 1 unspecified atom stereocenters. The third-order valence-corrected chi connectivity index (χ3v) is 4.28. The molecule has 1 N–H and O–H groups in total. The Morgan fingerprint density at radius 2 is 2.00 bits per heavy atom. The highest BCUT2D eigenvalue weighted by Crippen LogP contribution is 2.26. The highest BCUT2D eigenvalue weighted by atomic mass is 32.2. The Hall–Kier alpha value is 0.310. The van der Waals surface area contributed by atoms with Gasteiger partial charge in [-0.05, 0) is 32.2 Å². The van der Waals surface area contributed by atoms with Crippen molar-refractivity contribution >= 4 is 11.8 Å². The van der Waals surface area contributed by atoms with Crippen LogP contribution < -0.4 is 5.32 Å². The molecule has 0 aliphatic heterocycles. The fraction of sp³-hybridized carbons (Fsp3) is 1.00. The molecular formula is C12H25NS. The molecule has 0 saturated heterocycles. The summed E-state index contributed by atoms with van der Waals surface area (Å²) in [6.07, 6.45) is 4.36. The summed E-state index contributed by atoms with van der Waals surface area (Å²) >= 11 is 2.06. The van der Waals surface area contributed by atoms with Gasteiger partial charge < -0.3 is 5.32 Å². The van der Waals surface area contributed by atoms with Gasteiger partial charge in [-0.2, -0.15) is 11.8 Å². The number of hydrogen-bond donors (Lipinski definition) is 1. The van der Waals surface area contributed by atoms with Gasteiger partial charge in [0.2, 0.25) is 0 Å². The lowest BCUT2D eigenvalue weighted by atomic mass is 9.85. The third-order valence-electron chi connectivity index (χ3n) is 2.75. The van der Waals surface area contributed by atoms with Crippen molar-refractivity contribution in [3.63, 3.8) is 0 Å². The number of thioether (sulfide) groups is 1. The fourth-order valence-corrected chi connectivity index (χ4v) is 2.37. The van der Waals surface area contributed by atoms with Gasteiger partial charge in [-0.15, -0.1) is 0 Å². The van der Waals surface area contributed by atoms with Crippen LogP contribution in [0.25, 0.3) is 0 Å². The zero-order valence-corrected chi connectivity index (χ0v) is 10.9. The quantitative estimate of drug-likeness (QED) is 0.755. The van der Waals surface area contributed by atoms with Crippen molar-refractivity contribution in [2.45, 2.75) is 57.7 Å². The molecule has 1 saturated carbocycles. The second kappa shape index (κ2) is 5.41. The first-order chi connectivity index (χ1) is 6.47. The maximum Gasteiger partial charge on any atom is 0.0130 e. The molecule has 1 rings (SSSR count). The molecule has 14 heavy (non-hydrogen) atoms. The van der Waals surface area contributed by atoms with Gasteiger partial charge in [0.15, 0.2) is 0 Å². The summed E-state index contributed by atoms with van der Waals surface area (Å²) in [4.78, 5) is 0. The Balaban J connectivity index is 2.00. The summed E-state index contributed by atoms with van der Waals surface area (Å²) < 4.78 is 0.409. The van der Waals surface area contributed by atoms with E-state index in [1.165, 1.54) is 31.6 Å². The highest BCUT2D eigenvalue weighted by Gasteiger charge is 2.18. The minimum absolute atomic E-state index is 0.409. The summed E-state index contributed by atoms with van der Waals surface area (Å²) in [5.74, 6) is 2.22. The van der Waals surface area contributed by atoms with Crippen LogP contribution in [0.4, 0.5) is 0 Å². The Morgan fingerprint density at radius 3 is 2.43 bits per heavy atom. The molecule has 1 aliphatic rings. The monoisotopic (exact) mass is 215 g/mol. The number of hydrogen-bond acceptors (Lipinski definition) is 2. The maximum absolute atomic E-state index is 3.64. The van der Waals surface area contributed by atoms with Crippen LogP contribution in [0.2, 0.25) is 0 Å². The molecule has 0 radical (unpaired) electrons. The van der Waals surface area contributed by atoms with Gasteiger partial charge in [-0.3, -0.25) is 0 Å². The van der Waals surface area contributed by atoms with Gasteiger partial charge in [0.25, 0.3) is 0 Å². The molecule has 0 bridgehead atoms. The predicted octanol–water partition coefficient (Wildman–Crippen LogP) is 3.30. The van der Waals surface area contributed by atoms with Crippen molar-refractivity contribution in [3.05, 3.63) is 0 Å². The van der Waals surface area contributed by atoms with Crippen LogP contribution in [0.3, 0.4) is 0 Å². The van der Waals surface area contributed by atoms with Crippen LogP contribution in [0.1, 0.15) is 47.0 Å². The van der Waals surface area contributed by atoms with E-state index < -0.39 is 0 Å². The molecule has 0 aromatic heterocycles. The summed E-state index contributed by atoms with van der Waals surface area (Å²) in [6.45, 7) is 10.4. The smallest absolute Gasteiger partial charge is 0.0130 e. The standard InChI is InChI=1S/C12H25NS/c1-10(9-14-12(2,3)4)13-8-11-6-5-7-11/h10-11,13H,5-9H2,1-4H3. The third kappa shape index (κ3) is 5.26. The molecule has 0 amide bonds. The first-order valence-electron chi connectivity index (χ1n) is 5.85. The molecule has 0 aromatic carbocycles. The Kier molecular flexibility index (Phi) is 4.78. The van der Waals surface area contributed by atoms with E-state index in [1.54, 1.807) is 0 Å². The lowest BCUT2D eigenvalue weighted by molar-refractivity contribution is 0.295. The molecule has 84 valence electrons. The first kappa shape index (κ1) is 12.4. The van der Waals surface area contributed by atoms with Crippen molar-refractivity contribution in [1.82, 2.24) is 5.32 Å². The van der Waals surface area contributed by atoms with Crippen LogP contribution in [0.5, 0.6) is 0 Å².